The fraction of sp³-hybridized carbons (Fsp3) is 0.667. The number of nitrogens with zero attached hydrogens (tertiary/aromatic N) is 2. The zero-order valence-corrected chi connectivity index (χ0v) is 14.1. The second kappa shape index (κ2) is 7.39. The van der Waals surface area contributed by atoms with Crippen molar-refractivity contribution >= 4 is 0 Å². The molecule has 1 heterocycles. The number of hydrogen-bond donors (Lipinski definition) is 1. The van der Waals surface area contributed by atoms with Gasteiger partial charge in [0.15, 0.2) is 0 Å². The molecule has 2 rings (SSSR count). The fourth-order valence-electron chi connectivity index (χ4n) is 3.16. The predicted octanol–water partition coefficient (Wildman–Crippen LogP) is 2.23. The molecule has 1 fully saturated rings. The summed E-state index contributed by atoms with van der Waals surface area (Å²) in [6, 6.07) is 11.5. The van der Waals surface area contributed by atoms with E-state index in [4.69, 9.17) is 0 Å². The Balaban J connectivity index is 1.95. The first-order valence-corrected chi connectivity index (χ1v) is 8.14. The van der Waals surface area contributed by atoms with Crippen molar-refractivity contribution in [1.29, 1.82) is 0 Å². The number of piperazine rings is 1. The molecule has 3 nitrogen and oxygen atoms in total. The van der Waals surface area contributed by atoms with Gasteiger partial charge in [-0.25, -0.2) is 0 Å². The first kappa shape index (κ1) is 16.5. The molecule has 1 aliphatic heterocycles. The van der Waals surface area contributed by atoms with Gasteiger partial charge in [-0.15, -0.1) is 0 Å². The SMILES string of the molecule is CN(C)CCCN1CC(C)(C)NCC1Cc1ccccc1. The van der Waals surface area contributed by atoms with E-state index in [1.54, 1.807) is 0 Å². The summed E-state index contributed by atoms with van der Waals surface area (Å²) < 4.78 is 0. The third-order valence-electron chi connectivity index (χ3n) is 4.30. The van der Waals surface area contributed by atoms with Crippen LogP contribution in [-0.4, -0.2) is 61.7 Å². The maximum atomic E-state index is 3.71. The van der Waals surface area contributed by atoms with Gasteiger partial charge in [-0.1, -0.05) is 30.3 Å². The van der Waals surface area contributed by atoms with E-state index < -0.39 is 0 Å². The minimum Gasteiger partial charge on any atom is -0.309 e. The maximum Gasteiger partial charge on any atom is 0.0261 e. The zero-order valence-electron chi connectivity index (χ0n) is 14.1. The highest BCUT2D eigenvalue weighted by molar-refractivity contribution is 5.16. The average molecular weight is 289 g/mol. The summed E-state index contributed by atoms with van der Waals surface area (Å²) in [5.74, 6) is 0. The number of benzene rings is 1. The smallest absolute Gasteiger partial charge is 0.0261 e. The molecule has 0 radical (unpaired) electrons. The van der Waals surface area contributed by atoms with Gasteiger partial charge in [-0.3, -0.25) is 4.90 Å². The summed E-state index contributed by atoms with van der Waals surface area (Å²) >= 11 is 0. The summed E-state index contributed by atoms with van der Waals surface area (Å²) in [5, 5.41) is 3.71. The molecule has 1 aromatic rings. The lowest BCUT2D eigenvalue weighted by Gasteiger charge is -2.45. The molecule has 0 bridgehead atoms. The van der Waals surface area contributed by atoms with Crippen molar-refractivity contribution in [3.8, 4) is 0 Å². The summed E-state index contributed by atoms with van der Waals surface area (Å²) in [6.45, 7) is 9.21. The van der Waals surface area contributed by atoms with Crippen LogP contribution < -0.4 is 5.32 Å². The molecule has 1 aromatic carbocycles. The Labute approximate surface area is 130 Å². The van der Waals surface area contributed by atoms with Crippen LogP contribution in [0.1, 0.15) is 25.8 Å². The van der Waals surface area contributed by atoms with Gasteiger partial charge in [-0.05, 0) is 59.4 Å². The molecule has 0 aromatic heterocycles. The van der Waals surface area contributed by atoms with Crippen molar-refractivity contribution in [1.82, 2.24) is 15.1 Å². The zero-order chi connectivity index (χ0) is 15.3. The van der Waals surface area contributed by atoms with Gasteiger partial charge >= 0.3 is 0 Å². The van der Waals surface area contributed by atoms with Gasteiger partial charge in [0, 0.05) is 24.7 Å². The van der Waals surface area contributed by atoms with Crippen LogP contribution in [0, 0.1) is 0 Å². The Morgan fingerprint density at radius 3 is 2.62 bits per heavy atom. The molecule has 0 amide bonds. The predicted molar refractivity (Wildman–Crippen MR) is 90.8 cm³/mol. The second-order valence-electron chi connectivity index (χ2n) is 7.24. The Hall–Kier alpha value is -0.900. The molecule has 1 atom stereocenters. The van der Waals surface area contributed by atoms with E-state index in [1.165, 1.54) is 25.1 Å². The van der Waals surface area contributed by atoms with Gasteiger partial charge in [-0.2, -0.15) is 0 Å². The van der Waals surface area contributed by atoms with E-state index in [9.17, 15) is 0 Å². The molecule has 0 saturated carbocycles. The van der Waals surface area contributed by atoms with Gasteiger partial charge in [0.25, 0.3) is 0 Å². The Morgan fingerprint density at radius 1 is 1.24 bits per heavy atom. The molecule has 118 valence electrons. The molecule has 3 heteroatoms. The Kier molecular flexibility index (Phi) is 5.80. The third kappa shape index (κ3) is 5.42. The molecular formula is C18H31N3. The molecule has 1 N–H and O–H groups in total. The first-order valence-electron chi connectivity index (χ1n) is 8.14. The van der Waals surface area contributed by atoms with Gasteiger partial charge < -0.3 is 10.2 Å². The molecule has 0 spiro atoms. The highest BCUT2D eigenvalue weighted by Gasteiger charge is 2.31. The quantitative estimate of drug-likeness (QED) is 0.866. The lowest BCUT2D eigenvalue weighted by atomic mass is 9.95. The van der Waals surface area contributed by atoms with E-state index in [2.05, 4.69) is 73.4 Å². The van der Waals surface area contributed by atoms with Crippen molar-refractivity contribution in [2.45, 2.75) is 38.3 Å². The molecular weight excluding hydrogens is 258 g/mol. The summed E-state index contributed by atoms with van der Waals surface area (Å²) in [5.41, 5.74) is 1.67. The maximum absolute atomic E-state index is 3.71. The number of nitrogens with one attached hydrogen (secondary N) is 1. The van der Waals surface area contributed by atoms with Crippen LogP contribution in [0.3, 0.4) is 0 Å². The minimum atomic E-state index is 0.227. The molecule has 1 aliphatic rings. The van der Waals surface area contributed by atoms with Crippen molar-refractivity contribution < 1.29 is 0 Å². The van der Waals surface area contributed by atoms with Crippen LogP contribution >= 0.6 is 0 Å². The van der Waals surface area contributed by atoms with Crippen molar-refractivity contribution in [2.75, 3.05) is 40.3 Å². The average Bonchev–Trinajstić information content (AvgIpc) is 2.42. The largest absolute Gasteiger partial charge is 0.309 e. The van der Waals surface area contributed by atoms with Crippen LogP contribution in [0.5, 0.6) is 0 Å². The van der Waals surface area contributed by atoms with E-state index in [0.717, 1.165) is 19.5 Å². The molecule has 0 aliphatic carbocycles. The van der Waals surface area contributed by atoms with Crippen LogP contribution in [0.4, 0.5) is 0 Å². The fourth-order valence-corrected chi connectivity index (χ4v) is 3.16. The van der Waals surface area contributed by atoms with Crippen molar-refractivity contribution in [3.05, 3.63) is 35.9 Å². The van der Waals surface area contributed by atoms with Crippen molar-refractivity contribution in [2.24, 2.45) is 0 Å². The van der Waals surface area contributed by atoms with Crippen LogP contribution in [0.2, 0.25) is 0 Å². The van der Waals surface area contributed by atoms with E-state index in [-0.39, 0.29) is 5.54 Å². The molecule has 21 heavy (non-hydrogen) atoms. The third-order valence-corrected chi connectivity index (χ3v) is 4.30. The van der Waals surface area contributed by atoms with Gasteiger partial charge in [0.1, 0.15) is 0 Å². The van der Waals surface area contributed by atoms with Gasteiger partial charge in [0.2, 0.25) is 0 Å². The first-order chi connectivity index (χ1) is 9.96. The lowest BCUT2D eigenvalue weighted by Crippen LogP contribution is -2.62. The highest BCUT2D eigenvalue weighted by Crippen LogP contribution is 2.18. The van der Waals surface area contributed by atoms with Crippen LogP contribution in [-0.2, 0) is 6.42 Å². The molecule has 1 saturated heterocycles. The van der Waals surface area contributed by atoms with Gasteiger partial charge in [0.05, 0.1) is 0 Å². The Morgan fingerprint density at radius 2 is 1.95 bits per heavy atom. The summed E-state index contributed by atoms with van der Waals surface area (Å²) in [4.78, 5) is 4.96. The standard InChI is InChI=1S/C18H31N3/c1-18(2)15-21(12-8-11-20(3)4)17(14-19-18)13-16-9-6-5-7-10-16/h5-7,9-10,17,19H,8,11-15H2,1-4H3. The van der Waals surface area contributed by atoms with E-state index >= 15 is 0 Å². The van der Waals surface area contributed by atoms with E-state index in [1.807, 2.05) is 0 Å². The minimum absolute atomic E-state index is 0.227. The van der Waals surface area contributed by atoms with Crippen LogP contribution in [0.25, 0.3) is 0 Å². The normalized spacial score (nSPS) is 22.6. The summed E-state index contributed by atoms with van der Waals surface area (Å²) in [6.07, 6.45) is 2.39. The highest BCUT2D eigenvalue weighted by atomic mass is 15.2. The number of hydrogen-bond acceptors (Lipinski definition) is 3. The van der Waals surface area contributed by atoms with E-state index in [0.29, 0.717) is 6.04 Å². The number of rotatable bonds is 6. The Bertz CT molecular complexity index is 414. The van der Waals surface area contributed by atoms with Crippen molar-refractivity contribution in [3.63, 3.8) is 0 Å². The molecule has 1 unspecified atom stereocenters. The lowest BCUT2D eigenvalue weighted by molar-refractivity contribution is 0.0915. The van der Waals surface area contributed by atoms with Crippen LogP contribution in [0.15, 0.2) is 30.3 Å². The monoisotopic (exact) mass is 289 g/mol. The summed E-state index contributed by atoms with van der Waals surface area (Å²) in [7, 11) is 4.31. The topological polar surface area (TPSA) is 18.5 Å². The second-order valence-corrected chi connectivity index (χ2v) is 7.24.